The van der Waals surface area contributed by atoms with Crippen LogP contribution in [0.5, 0.6) is 0 Å². The predicted molar refractivity (Wildman–Crippen MR) is 44.5 cm³/mol. The zero-order valence-corrected chi connectivity index (χ0v) is 7.22. The normalized spacial score (nSPS) is 10.8. The van der Waals surface area contributed by atoms with Crippen LogP contribution in [0.3, 0.4) is 0 Å². The summed E-state index contributed by atoms with van der Waals surface area (Å²) in [6.45, 7) is -0.598. The smallest absolute Gasteiger partial charge is 0.265 e. The van der Waals surface area contributed by atoms with Crippen LogP contribution in [0.15, 0.2) is 6.20 Å². The van der Waals surface area contributed by atoms with Crippen molar-refractivity contribution in [2.75, 3.05) is 5.73 Å². The van der Waals surface area contributed by atoms with Crippen molar-refractivity contribution in [3.05, 3.63) is 22.3 Å². The molecule has 0 radical (unpaired) electrons. The molecule has 0 aliphatic rings. The van der Waals surface area contributed by atoms with Crippen LogP contribution in [0.2, 0.25) is 5.02 Å². The van der Waals surface area contributed by atoms with Gasteiger partial charge < -0.3 is 10.8 Å². The average Bonchev–Trinajstić information content (AvgIpc) is 2.07. The second-order valence-corrected chi connectivity index (χ2v) is 2.75. The first-order valence-corrected chi connectivity index (χ1v) is 3.77. The Labute approximate surface area is 78.1 Å². The van der Waals surface area contributed by atoms with Crippen LogP contribution >= 0.6 is 11.6 Å². The van der Waals surface area contributed by atoms with Gasteiger partial charge in [0.25, 0.3) is 6.43 Å². The standard InChI is InChI=1S/C7H7ClF2N2O/c8-4-1-12-7(11)3(2-13)5(4)6(9)10/h1,6,13H,2H2,(H2,11,12). The summed E-state index contributed by atoms with van der Waals surface area (Å²) in [5.74, 6) is -0.123. The number of pyridine rings is 1. The molecule has 0 unspecified atom stereocenters. The van der Waals surface area contributed by atoms with Crippen LogP contribution in [0.25, 0.3) is 0 Å². The van der Waals surface area contributed by atoms with Gasteiger partial charge in [0.05, 0.1) is 11.6 Å². The minimum atomic E-state index is -2.76. The maximum atomic E-state index is 12.4. The van der Waals surface area contributed by atoms with E-state index in [0.717, 1.165) is 6.20 Å². The zero-order chi connectivity index (χ0) is 10.0. The molecule has 0 aromatic carbocycles. The van der Waals surface area contributed by atoms with E-state index in [4.69, 9.17) is 22.4 Å². The fourth-order valence-electron chi connectivity index (χ4n) is 0.958. The number of nitrogens with zero attached hydrogens (tertiary/aromatic N) is 1. The van der Waals surface area contributed by atoms with Gasteiger partial charge in [-0.3, -0.25) is 0 Å². The Kier molecular flexibility index (Phi) is 3.00. The SMILES string of the molecule is Nc1ncc(Cl)c(C(F)F)c1CO. The quantitative estimate of drug-likeness (QED) is 0.779. The molecule has 3 N–H and O–H groups in total. The number of hydrogen-bond donors (Lipinski definition) is 2. The molecule has 0 aliphatic carbocycles. The molecule has 72 valence electrons. The van der Waals surface area contributed by atoms with E-state index in [0.29, 0.717) is 0 Å². The van der Waals surface area contributed by atoms with Crippen LogP contribution in [0.4, 0.5) is 14.6 Å². The summed E-state index contributed by atoms with van der Waals surface area (Å²) < 4.78 is 24.8. The summed E-state index contributed by atoms with van der Waals surface area (Å²) in [5.41, 5.74) is 4.72. The molecule has 0 saturated carbocycles. The van der Waals surface area contributed by atoms with Crippen LogP contribution in [0.1, 0.15) is 17.6 Å². The van der Waals surface area contributed by atoms with Crippen LogP contribution in [0, 0.1) is 0 Å². The van der Waals surface area contributed by atoms with Gasteiger partial charge in [0.2, 0.25) is 0 Å². The lowest BCUT2D eigenvalue weighted by Crippen LogP contribution is -2.03. The van der Waals surface area contributed by atoms with Crippen molar-refractivity contribution in [1.29, 1.82) is 0 Å². The Balaban J connectivity index is 3.35. The topological polar surface area (TPSA) is 59.1 Å². The maximum Gasteiger partial charge on any atom is 0.265 e. The monoisotopic (exact) mass is 208 g/mol. The van der Waals surface area contributed by atoms with Crippen molar-refractivity contribution in [3.8, 4) is 0 Å². The molecule has 0 saturated heterocycles. The highest BCUT2D eigenvalue weighted by Gasteiger charge is 2.19. The zero-order valence-electron chi connectivity index (χ0n) is 6.47. The molecule has 0 atom stereocenters. The molecule has 0 spiro atoms. The molecular weight excluding hydrogens is 202 g/mol. The summed E-state index contributed by atoms with van der Waals surface area (Å²) in [6, 6.07) is 0. The first kappa shape index (κ1) is 10.1. The molecule has 6 heteroatoms. The number of aliphatic hydroxyl groups excluding tert-OH is 1. The third-order valence-electron chi connectivity index (χ3n) is 1.58. The van der Waals surface area contributed by atoms with E-state index >= 15 is 0 Å². The molecule has 0 bridgehead atoms. The molecule has 1 heterocycles. The molecule has 0 fully saturated rings. The number of aromatic nitrogens is 1. The number of nitrogen functional groups attached to an aromatic ring is 1. The fourth-order valence-corrected chi connectivity index (χ4v) is 1.20. The highest BCUT2D eigenvalue weighted by Crippen LogP contribution is 2.31. The van der Waals surface area contributed by atoms with Crippen molar-refractivity contribution >= 4 is 17.4 Å². The van der Waals surface area contributed by atoms with Crippen LogP contribution in [-0.2, 0) is 6.61 Å². The van der Waals surface area contributed by atoms with Crippen molar-refractivity contribution in [2.24, 2.45) is 0 Å². The van der Waals surface area contributed by atoms with E-state index in [1.165, 1.54) is 0 Å². The summed E-state index contributed by atoms with van der Waals surface area (Å²) in [6.07, 6.45) is -1.72. The van der Waals surface area contributed by atoms with E-state index in [-0.39, 0.29) is 16.4 Å². The number of anilines is 1. The minimum absolute atomic E-state index is 0.109. The number of hydrogen-bond acceptors (Lipinski definition) is 3. The fraction of sp³-hybridized carbons (Fsp3) is 0.286. The van der Waals surface area contributed by atoms with E-state index in [1.807, 2.05) is 0 Å². The first-order valence-electron chi connectivity index (χ1n) is 3.39. The van der Waals surface area contributed by atoms with Gasteiger partial charge in [0.15, 0.2) is 0 Å². The summed E-state index contributed by atoms with van der Waals surface area (Å²) in [5, 5.41) is 8.57. The third kappa shape index (κ3) is 1.87. The van der Waals surface area contributed by atoms with Crippen molar-refractivity contribution in [1.82, 2.24) is 4.98 Å². The van der Waals surface area contributed by atoms with Crippen LogP contribution < -0.4 is 5.73 Å². The third-order valence-corrected chi connectivity index (χ3v) is 1.89. The lowest BCUT2D eigenvalue weighted by molar-refractivity contribution is 0.147. The Bertz CT molecular complexity index is 320. The van der Waals surface area contributed by atoms with Crippen LogP contribution in [-0.4, -0.2) is 10.1 Å². The molecule has 1 aromatic heterocycles. The van der Waals surface area contributed by atoms with Gasteiger partial charge in [0.1, 0.15) is 5.82 Å². The number of halogens is 3. The van der Waals surface area contributed by atoms with Crippen molar-refractivity contribution in [3.63, 3.8) is 0 Å². The lowest BCUT2D eigenvalue weighted by atomic mass is 10.1. The number of alkyl halides is 2. The Hall–Kier alpha value is -0.940. The van der Waals surface area contributed by atoms with E-state index < -0.39 is 18.6 Å². The second-order valence-electron chi connectivity index (χ2n) is 2.34. The number of aliphatic hydroxyl groups is 1. The second kappa shape index (κ2) is 3.85. The molecular formula is C7H7ClF2N2O. The van der Waals surface area contributed by atoms with Gasteiger partial charge in [-0.05, 0) is 0 Å². The first-order chi connectivity index (χ1) is 6.07. The molecule has 3 nitrogen and oxygen atoms in total. The molecule has 1 aromatic rings. The molecule has 1 rings (SSSR count). The van der Waals surface area contributed by atoms with E-state index in [9.17, 15) is 8.78 Å². The predicted octanol–water partition coefficient (Wildman–Crippen LogP) is 1.75. The highest BCUT2D eigenvalue weighted by atomic mass is 35.5. The number of nitrogens with two attached hydrogens (primary N) is 1. The van der Waals surface area contributed by atoms with Gasteiger partial charge in [0, 0.05) is 17.3 Å². The Morgan fingerprint density at radius 2 is 2.23 bits per heavy atom. The van der Waals surface area contributed by atoms with Gasteiger partial charge in [-0.15, -0.1) is 0 Å². The van der Waals surface area contributed by atoms with Gasteiger partial charge in [-0.1, -0.05) is 11.6 Å². The minimum Gasteiger partial charge on any atom is -0.392 e. The molecule has 0 amide bonds. The Morgan fingerprint density at radius 1 is 1.62 bits per heavy atom. The lowest BCUT2D eigenvalue weighted by Gasteiger charge is -2.09. The largest absolute Gasteiger partial charge is 0.392 e. The van der Waals surface area contributed by atoms with Crippen molar-refractivity contribution < 1.29 is 13.9 Å². The summed E-state index contributed by atoms with van der Waals surface area (Å²) in [7, 11) is 0. The molecule has 0 aliphatic heterocycles. The van der Waals surface area contributed by atoms with E-state index in [1.54, 1.807) is 0 Å². The Morgan fingerprint density at radius 3 is 2.62 bits per heavy atom. The number of rotatable bonds is 2. The summed E-state index contributed by atoms with van der Waals surface area (Å²) in [4.78, 5) is 3.55. The summed E-state index contributed by atoms with van der Waals surface area (Å²) >= 11 is 5.47. The average molecular weight is 209 g/mol. The molecule has 13 heavy (non-hydrogen) atoms. The van der Waals surface area contributed by atoms with E-state index in [2.05, 4.69) is 4.98 Å². The van der Waals surface area contributed by atoms with Gasteiger partial charge in [-0.2, -0.15) is 0 Å². The highest BCUT2D eigenvalue weighted by molar-refractivity contribution is 6.31. The van der Waals surface area contributed by atoms with Gasteiger partial charge >= 0.3 is 0 Å². The van der Waals surface area contributed by atoms with Gasteiger partial charge in [-0.25, -0.2) is 13.8 Å². The van der Waals surface area contributed by atoms with Crippen molar-refractivity contribution in [2.45, 2.75) is 13.0 Å². The maximum absolute atomic E-state index is 12.4.